The number of fused-ring (bicyclic) bond motifs is 1. The maximum Gasteiger partial charge on any atom is 0.238 e. The molecule has 3 heteroatoms. The molecule has 54 valence electrons. The van der Waals surface area contributed by atoms with Crippen LogP contribution in [0.2, 0.25) is 0 Å². The quantitative estimate of drug-likeness (QED) is 0.309. The Morgan fingerprint density at radius 2 is 2.50 bits per heavy atom. The van der Waals surface area contributed by atoms with Crippen molar-refractivity contribution >= 4 is 6.08 Å². The van der Waals surface area contributed by atoms with Gasteiger partial charge in [0.1, 0.15) is 6.10 Å². The van der Waals surface area contributed by atoms with Crippen LogP contribution >= 0.6 is 0 Å². The Bertz CT molecular complexity index is 198. The zero-order valence-corrected chi connectivity index (χ0v) is 5.67. The molecule has 3 nitrogen and oxygen atoms in total. The summed E-state index contributed by atoms with van der Waals surface area (Å²) in [7, 11) is 0. The van der Waals surface area contributed by atoms with Gasteiger partial charge in [0.15, 0.2) is 5.72 Å². The number of carbonyl (C=O) groups excluding carboxylic acids is 1. The van der Waals surface area contributed by atoms with E-state index in [1.54, 1.807) is 6.08 Å². The summed E-state index contributed by atoms with van der Waals surface area (Å²) in [5.74, 6) is 0. The van der Waals surface area contributed by atoms with Crippen LogP contribution in [0.3, 0.4) is 0 Å². The van der Waals surface area contributed by atoms with Crippen molar-refractivity contribution in [2.45, 2.75) is 37.5 Å². The zero-order chi connectivity index (χ0) is 7.03. The maximum absolute atomic E-state index is 9.93. The Morgan fingerprint density at radius 1 is 1.60 bits per heavy atom. The zero-order valence-electron chi connectivity index (χ0n) is 5.67. The molecule has 1 aliphatic heterocycles. The van der Waals surface area contributed by atoms with Crippen LogP contribution in [0.25, 0.3) is 0 Å². The van der Waals surface area contributed by atoms with E-state index in [0.29, 0.717) is 0 Å². The van der Waals surface area contributed by atoms with Crippen LogP contribution in [-0.2, 0) is 9.53 Å². The number of isocyanates is 1. The fourth-order valence-corrected chi connectivity index (χ4v) is 1.66. The van der Waals surface area contributed by atoms with Crippen LogP contribution in [-0.4, -0.2) is 17.9 Å². The van der Waals surface area contributed by atoms with Crippen LogP contribution in [0.5, 0.6) is 0 Å². The molecule has 2 atom stereocenters. The first-order chi connectivity index (χ1) is 4.87. The second-order valence-electron chi connectivity index (χ2n) is 2.90. The molecule has 1 saturated carbocycles. The van der Waals surface area contributed by atoms with E-state index in [0.717, 1.165) is 19.3 Å². The Labute approximate surface area is 59.1 Å². The highest BCUT2D eigenvalue weighted by Gasteiger charge is 2.57. The van der Waals surface area contributed by atoms with E-state index in [4.69, 9.17) is 4.74 Å². The summed E-state index contributed by atoms with van der Waals surface area (Å²) in [5.41, 5.74) is -0.403. The second kappa shape index (κ2) is 1.91. The summed E-state index contributed by atoms with van der Waals surface area (Å²) in [6.07, 6.45) is 6.11. The average Bonchev–Trinajstić information content (AvgIpc) is 2.62. The van der Waals surface area contributed by atoms with Gasteiger partial charge in [-0.3, -0.25) is 0 Å². The van der Waals surface area contributed by atoms with Crippen molar-refractivity contribution < 1.29 is 9.53 Å². The SMILES string of the molecule is O=C=NC12CCCCC1O2. The summed E-state index contributed by atoms with van der Waals surface area (Å²) in [5, 5.41) is 0. The van der Waals surface area contributed by atoms with E-state index < -0.39 is 5.72 Å². The molecule has 2 rings (SSSR count). The third-order valence-corrected chi connectivity index (χ3v) is 2.28. The van der Waals surface area contributed by atoms with Gasteiger partial charge in [0.2, 0.25) is 6.08 Å². The van der Waals surface area contributed by atoms with E-state index >= 15 is 0 Å². The largest absolute Gasteiger partial charge is 0.342 e. The van der Waals surface area contributed by atoms with Crippen LogP contribution in [0, 0.1) is 0 Å². The van der Waals surface area contributed by atoms with Gasteiger partial charge in [-0.15, -0.1) is 0 Å². The van der Waals surface area contributed by atoms with E-state index in [2.05, 4.69) is 4.99 Å². The van der Waals surface area contributed by atoms with Gasteiger partial charge in [0.05, 0.1) is 0 Å². The lowest BCUT2D eigenvalue weighted by Gasteiger charge is -2.09. The standard InChI is InChI=1S/C7H9NO2/c9-5-8-7-4-2-1-3-6(7)10-7/h6H,1-4H2. The van der Waals surface area contributed by atoms with Crippen molar-refractivity contribution in [1.29, 1.82) is 0 Å². The average molecular weight is 139 g/mol. The summed E-state index contributed by atoms with van der Waals surface area (Å²) in [4.78, 5) is 13.6. The first kappa shape index (κ1) is 6.08. The summed E-state index contributed by atoms with van der Waals surface area (Å²) < 4.78 is 5.28. The van der Waals surface area contributed by atoms with Crippen molar-refractivity contribution in [3.8, 4) is 0 Å². The van der Waals surface area contributed by atoms with Gasteiger partial charge in [-0.25, -0.2) is 4.79 Å². The number of epoxide rings is 1. The number of hydrogen-bond acceptors (Lipinski definition) is 3. The smallest absolute Gasteiger partial charge is 0.238 e. The minimum atomic E-state index is -0.403. The lowest BCUT2D eigenvalue weighted by Crippen LogP contribution is -2.15. The van der Waals surface area contributed by atoms with Gasteiger partial charge in [-0.2, -0.15) is 4.99 Å². The van der Waals surface area contributed by atoms with E-state index in [1.165, 1.54) is 6.42 Å². The monoisotopic (exact) mass is 139 g/mol. The van der Waals surface area contributed by atoms with Gasteiger partial charge in [0.25, 0.3) is 0 Å². The Hall–Kier alpha value is -0.660. The normalized spacial score (nSPS) is 43.4. The number of ether oxygens (including phenoxy) is 1. The molecular formula is C7H9NO2. The highest BCUT2D eigenvalue weighted by atomic mass is 16.6. The molecule has 10 heavy (non-hydrogen) atoms. The van der Waals surface area contributed by atoms with Crippen molar-refractivity contribution in [2.24, 2.45) is 4.99 Å². The molecule has 0 aromatic carbocycles. The Balaban J connectivity index is 2.11. The van der Waals surface area contributed by atoms with Gasteiger partial charge in [0, 0.05) is 6.42 Å². The number of nitrogens with zero attached hydrogens (tertiary/aromatic N) is 1. The number of hydrogen-bond donors (Lipinski definition) is 0. The summed E-state index contributed by atoms with van der Waals surface area (Å²) >= 11 is 0. The molecule has 2 fully saturated rings. The van der Waals surface area contributed by atoms with Crippen molar-refractivity contribution in [3.05, 3.63) is 0 Å². The van der Waals surface area contributed by atoms with Crippen LogP contribution < -0.4 is 0 Å². The third-order valence-electron chi connectivity index (χ3n) is 2.28. The predicted octanol–water partition coefficient (Wildman–Crippen LogP) is 0.991. The van der Waals surface area contributed by atoms with Crippen LogP contribution in [0.4, 0.5) is 0 Å². The third kappa shape index (κ3) is 0.713. The molecule has 1 aliphatic carbocycles. The first-order valence-electron chi connectivity index (χ1n) is 3.64. The Morgan fingerprint density at radius 3 is 3.20 bits per heavy atom. The Kier molecular flexibility index (Phi) is 1.16. The number of aliphatic imine (C=N–C) groups is 1. The molecule has 0 bridgehead atoms. The fourth-order valence-electron chi connectivity index (χ4n) is 1.66. The van der Waals surface area contributed by atoms with E-state index in [-0.39, 0.29) is 6.10 Å². The molecule has 1 saturated heterocycles. The van der Waals surface area contributed by atoms with Crippen molar-refractivity contribution in [2.75, 3.05) is 0 Å². The van der Waals surface area contributed by atoms with E-state index in [1.807, 2.05) is 0 Å². The molecule has 2 aliphatic rings. The summed E-state index contributed by atoms with van der Waals surface area (Å²) in [6, 6.07) is 0. The molecule has 1 heterocycles. The molecule has 0 radical (unpaired) electrons. The molecule has 0 amide bonds. The van der Waals surface area contributed by atoms with E-state index in [9.17, 15) is 4.79 Å². The molecule has 0 aromatic rings. The lowest BCUT2D eigenvalue weighted by atomic mass is 9.96. The fraction of sp³-hybridized carbons (Fsp3) is 0.857. The minimum absolute atomic E-state index is 0.239. The molecule has 0 aromatic heterocycles. The van der Waals surface area contributed by atoms with Crippen LogP contribution in [0.1, 0.15) is 25.7 Å². The maximum atomic E-state index is 9.93. The van der Waals surface area contributed by atoms with Gasteiger partial charge >= 0.3 is 0 Å². The predicted molar refractivity (Wildman–Crippen MR) is 34.2 cm³/mol. The highest BCUT2D eigenvalue weighted by molar-refractivity contribution is 5.36. The highest BCUT2D eigenvalue weighted by Crippen LogP contribution is 2.48. The molecule has 0 spiro atoms. The molecular weight excluding hydrogens is 130 g/mol. The first-order valence-corrected chi connectivity index (χ1v) is 3.64. The molecule has 2 unspecified atom stereocenters. The topological polar surface area (TPSA) is 42.0 Å². The minimum Gasteiger partial charge on any atom is -0.342 e. The van der Waals surface area contributed by atoms with Gasteiger partial charge in [-0.05, 0) is 12.8 Å². The summed E-state index contributed by atoms with van der Waals surface area (Å²) in [6.45, 7) is 0. The van der Waals surface area contributed by atoms with Crippen molar-refractivity contribution in [1.82, 2.24) is 0 Å². The lowest BCUT2D eigenvalue weighted by molar-refractivity contribution is 0.294. The van der Waals surface area contributed by atoms with Gasteiger partial charge < -0.3 is 4.74 Å². The second-order valence-corrected chi connectivity index (χ2v) is 2.90. The number of rotatable bonds is 1. The van der Waals surface area contributed by atoms with Crippen molar-refractivity contribution in [3.63, 3.8) is 0 Å². The van der Waals surface area contributed by atoms with Crippen LogP contribution in [0.15, 0.2) is 4.99 Å². The van der Waals surface area contributed by atoms with Gasteiger partial charge in [-0.1, -0.05) is 6.42 Å². The molecule has 0 N–H and O–H groups in total.